The number of hydrogen-bond donors (Lipinski definition) is 0. The zero-order valence-corrected chi connectivity index (χ0v) is 17.1. The van der Waals surface area contributed by atoms with Crippen molar-refractivity contribution in [2.24, 2.45) is 7.05 Å². The maximum Gasteiger partial charge on any atom is 0.188 e. The lowest BCUT2D eigenvalue weighted by atomic mass is 10.2. The molecule has 0 saturated carbocycles. The van der Waals surface area contributed by atoms with Gasteiger partial charge in [0.25, 0.3) is 0 Å². The number of nitrogens with zero attached hydrogens (tertiary/aromatic N) is 6. The van der Waals surface area contributed by atoms with Crippen LogP contribution in [0.3, 0.4) is 0 Å². The molecule has 0 radical (unpaired) electrons. The fourth-order valence-electron chi connectivity index (χ4n) is 3.21. The number of fused-ring (bicyclic) bond motifs is 1. The molecule has 4 aromatic rings. The van der Waals surface area contributed by atoms with Crippen LogP contribution in [0.5, 0.6) is 11.5 Å². The van der Waals surface area contributed by atoms with Gasteiger partial charge in [-0.15, -0.1) is 0 Å². The van der Waals surface area contributed by atoms with Crippen molar-refractivity contribution in [1.29, 1.82) is 0 Å². The van der Waals surface area contributed by atoms with Crippen molar-refractivity contribution in [1.82, 2.24) is 24.7 Å². The van der Waals surface area contributed by atoms with E-state index in [9.17, 15) is 0 Å². The number of halogens is 1. The third-order valence-corrected chi connectivity index (χ3v) is 4.73. The van der Waals surface area contributed by atoms with Gasteiger partial charge >= 0.3 is 0 Å². The van der Waals surface area contributed by atoms with Crippen molar-refractivity contribution in [2.75, 3.05) is 25.7 Å². The fraction of sp³-hybridized carbons (Fsp3) is 0.238. The Labute approximate surface area is 172 Å². The highest BCUT2D eigenvalue weighted by molar-refractivity contribution is 5.77. The molecule has 0 amide bonds. The van der Waals surface area contributed by atoms with Gasteiger partial charge in [0.2, 0.25) is 0 Å². The van der Waals surface area contributed by atoms with Crippen LogP contribution in [0, 0.1) is 5.82 Å². The summed E-state index contributed by atoms with van der Waals surface area (Å²) in [6.45, 7) is 2.39. The summed E-state index contributed by atoms with van der Waals surface area (Å²) in [5, 5.41) is 4.17. The predicted molar refractivity (Wildman–Crippen MR) is 112 cm³/mol. The van der Waals surface area contributed by atoms with E-state index in [4.69, 9.17) is 9.47 Å². The fourth-order valence-corrected chi connectivity index (χ4v) is 3.21. The van der Waals surface area contributed by atoms with E-state index in [2.05, 4.69) is 20.1 Å². The van der Waals surface area contributed by atoms with Gasteiger partial charge in [0.15, 0.2) is 17.2 Å². The number of ether oxygens (including phenoxy) is 2. The quantitative estimate of drug-likeness (QED) is 0.481. The van der Waals surface area contributed by atoms with Crippen LogP contribution in [0.4, 0.5) is 15.9 Å². The van der Waals surface area contributed by atoms with E-state index in [1.807, 2.05) is 26.2 Å². The van der Waals surface area contributed by atoms with Gasteiger partial charge in [-0.1, -0.05) is 0 Å². The highest BCUT2D eigenvalue weighted by atomic mass is 19.1. The van der Waals surface area contributed by atoms with Crippen molar-refractivity contribution in [3.63, 3.8) is 0 Å². The third kappa shape index (κ3) is 3.49. The van der Waals surface area contributed by atoms with Crippen LogP contribution in [0.25, 0.3) is 22.4 Å². The molecule has 0 N–H and O–H groups in total. The lowest BCUT2D eigenvalue weighted by molar-refractivity contribution is 0.374. The Bertz CT molecular complexity index is 1210. The van der Waals surface area contributed by atoms with Gasteiger partial charge in [-0.3, -0.25) is 9.67 Å². The summed E-state index contributed by atoms with van der Waals surface area (Å²) in [6, 6.07) is 6.72. The Morgan fingerprint density at radius 2 is 1.93 bits per heavy atom. The highest BCUT2D eigenvalue weighted by Crippen LogP contribution is 2.36. The molecule has 9 heteroatoms. The molecule has 0 fully saturated rings. The molecule has 3 heterocycles. The molecule has 0 spiro atoms. The van der Waals surface area contributed by atoms with Gasteiger partial charge in [0.05, 0.1) is 38.0 Å². The summed E-state index contributed by atoms with van der Waals surface area (Å²) in [7, 11) is 4.78. The van der Waals surface area contributed by atoms with E-state index in [0.29, 0.717) is 40.7 Å². The summed E-state index contributed by atoms with van der Waals surface area (Å²) >= 11 is 0. The number of rotatable bonds is 6. The predicted octanol–water partition coefficient (Wildman–Crippen LogP) is 3.74. The Morgan fingerprint density at radius 3 is 2.60 bits per heavy atom. The van der Waals surface area contributed by atoms with Crippen LogP contribution in [-0.4, -0.2) is 45.5 Å². The van der Waals surface area contributed by atoms with Gasteiger partial charge in [0.1, 0.15) is 17.1 Å². The minimum atomic E-state index is -0.489. The standard InChI is InChI=1S/C21H21FN6O2/c1-5-28(17-8-14(29-3)9-18(30-4)20(17)22)19-7-6-15-21(26-19)25-16(11-23-15)13-10-24-27(2)12-13/h6-12H,5H2,1-4H3. The molecule has 0 aliphatic rings. The van der Waals surface area contributed by atoms with Gasteiger partial charge < -0.3 is 14.4 Å². The normalized spacial score (nSPS) is 11.0. The number of anilines is 2. The second-order valence-electron chi connectivity index (χ2n) is 6.58. The number of aryl methyl sites for hydroxylation is 1. The topological polar surface area (TPSA) is 78.2 Å². The second-order valence-corrected chi connectivity index (χ2v) is 6.58. The van der Waals surface area contributed by atoms with Crippen LogP contribution < -0.4 is 14.4 Å². The van der Waals surface area contributed by atoms with Crippen LogP contribution >= 0.6 is 0 Å². The molecule has 1 aromatic carbocycles. The van der Waals surface area contributed by atoms with Crippen LogP contribution in [0.15, 0.2) is 42.9 Å². The number of aromatic nitrogens is 5. The number of pyridine rings is 1. The summed E-state index contributed by atoms with van der Waals surface area (Å²) in [6.07, 6.45) is 5.26. The molecule has 0 aliphatic heterocycles. The summed E-state index contributed by atoms with van der Waals surface area (Å²) < 4.78 is 27.2. The molecule has 0 saturated heterocycles. The van der Waals surface area contributed by atoms with E-state index >= 15 is 4.39 Å². The molecule has 3 aromatic heterocycles. The summed E-state index contributed by atoms with van der Waals surface area (Å²) in [5.74, 6) is 0.637. The average Bonchev–Trinajstić information content (AvgIpc) is 3.21. The Morgan fingerprint density at radius 1 is 1.10 bits per heavy atom. The van der Waals surface area contributed by atoms with E-state index in [1.54, 1.807) is 34.1 Å². The summed E-state index contributed by atoms with van der Waals surface area (Å²) in [4.78, 5) is 15.4. The maximum atomic E-state index is 15.0. The van der Waals surface area contributed by atoms with Crippen molar-refractivity contribution in [2.45, 2.75) is 6.92 Å². The largest absolute Gasteiger partial charge is 0.497 e. The van der Waals surface area contributed by atoms with Gasteiger partial charge in [0, 0.05) is 37.5 Å². The molecule has 0 aliphatic carbocycles. The Balaban J connectivity index is 1.81. The van der Waals surface area contributed by atoms with Gasteiger partial charge in [-0.25, -0.2) is 14.4 Å². The zero-order valence-electron chi connectivity index (χ0n) is 17.1. The molecular formula is C21H21FN6O2. The second kappa shape index (κ2) is 7.94. The van der Waals surface area contributed by atoms with Crippen LogP contribution in [0.2, 0.25) is 0 Å². The van der Waals surface area contributed by atoms with Gasteiger partial charge in [-0.2, -0.15) is 5.10 Å². The van der Waals surface area contributed by atoms with Crippen molar-refractivity contribution >= 4 is 22.7 Å². The van der Waals surface area contributed by atoms with Crippen molar-refractivity contribution in [3.05, 3.63) is 48.7 Å². The van der Waals surface area contributed by atoms with Crippen molar-refractivity contribution in [3.8, 4) is 22.8 Å². The van der Waals surface area contributed by atoms with Crippen molar-refractivity contribution < 1.29 is 13.9 Å². The molecular weight excluding hydrogens is 387 g/mol. The number of hydrogen-bond acceptors (Lipinski definition) is 7. The SMILES string of the molecule is CCN(c1ccc2ncc(-c3cnn(C)c3)nc2n1)c1cc(OC)cc(OC)c1F. The van der Waals surface area contributed by atoms with E-state index in [-0.39, 0.29) is 5.75 Å². The minimum Gasteiger partial charge on any atom is -0.497 e. The van der Waals surface area contributed by atoms with Crippen LogP contribution in [-0.2, 0) is 7.05 Å². The Kier molecular flexibility index (Phi) is 5.18. The zero-order chi connectivity index (χ0) is 21.3. The third-order valence-electron chi connectivity index (χ3n) is 4.73. The first-order valence-electron chi connectivity index (χ1n) is 9.36. The molecule has 0 bridgehead atoms. The van der Waals surface area contributed by atoms with E-state index < -0.39 is 5.82 Å². The van der Waals surface area contributed by atoms with Gasteiger partial charge in [-0.05, 0) is 19.1 Å². The summed E-state index contributed by atoms with van der Waals surface area (Å²) in [5.41, 5.74) is 2.91. The molecule has 0 unspecified atom stereocenters. The smallest absolute Gasteiger partial charge is 0.188 e. The number of benzene rings is 1. The number of methoxy groups -OCH3 is 2. The first kappa shape index (κ1) is 19.6. The molecule has 4 rings (SSSR count). The monoisotopic (exact) mass is 408 g/mol. The Hall–Kier alpha value is -3.75. The lowest BCUT2D eigenvalue weighted by Crippen LogP contribution is -2.19. The first-order chi connectivity index (χ1) is 14.5. The first-order valence-corrected chi connectivity index (χ1v) is 9.36. The van der Waals surface area contributed by atoms with E-state index in [0.717, 1.165) is 5.56 Å². The molecule has 154 valence electrons. The average molecular weight is 408 g/mol. The van der Waals surface area contributed by atoms with E-state index in [1.165, 1.54) is 20.3 Å². The van der Waals surface area contributed by atoms with Crippen LogP contribution in [0.1, 0.15) is 6.92 Å². The highest BCUT2D eigenvalue weighted by Gasteiger charge is 2.20. The minimum absolute atomic E-state index is 0.0993. The lowest BCUT2D eigenvalue weighted by Gasteiger charge is -2.24. The maximum absolute atomic E-state index is 15.0. The molecule has 8 nitrogen and oxygen atoms in total. The molecule has 0 atom stereocenters. The molecule has 30 heavy (non-hydrogen) atoms.